The molecule has 618 valence electrons. The van der Waals surface area contributed by atoms with E-state index in [0.29, 0.717) is 25.7 Å². The second-order valence-electron chi connectivity index (χ2n) is 32.5. The molecule has 0 bridgehead atoms. The predicted octanol–water partition coefficient (Wildman–Crippen LogP) is 25.6. The average Bonchev–Trinajstić information content (AvgIpc) is 0.904. The highest BCUT2D eigenvalue weighted by Gasteiger charge is 2.30. The molecule has 0 radical (unpaired) electrons. The van der Waals surface area contributed by atoms with Crippen LogP contribution in [0.4, 0.5) is 0 Å². The van der Waals surface area contributed by atoms with Crippen LogP contribution in [-0.2, 0) is 65.4 Å². The molecule has 17 nitrogen and oxygen atoms in total. The number of rotatable bonds is 82. The molecule has 0 aromatic heterocycles. The summed E-state index contributed by atoms with van der Waals surface area (Å²) in [6, 6.07) is 0. The van der Waals surface area contributed by atoms with Gasteiger partial charge in [-0.2, -0.15) is 0 Å². The van der Waals surface area contributed by atoms with Crippen LogP contribution >= 0.6 is 15.6 Å². The minimum absolute atomic E-state index is 0.105. The van der Waals surface area contributed by atoms with Crippen LogP contribution in [0.15, 0.2) is 0 Å². The molecule has 0 amide bonds. The van der Waals surface area contributed by atoms with Crippen molar-refractivity contribution in [1.29, 1.82) is 0 Å². The van der Waals surface area contributed by atoms with E-state index in [-0.39, 0.29) is 25.7 Å². The molecule has 0 fully saturated rings. The number of aliphatic hydroxyl groups is 1. The Morgan fingerprint density at radius 3 is 0.596 bits per heavy atom. The van der Waals surface area contributed by atoms with Gasteiger partial charge in [0.25, 0.3) is 0 Å². The van der Waals surface area contributed by atoms with Gasteiger partial charge in [0.15, 0.2) is 12.2 Å². The highest BCUT2D eigenvalue weighted by molar-refractivity contribution is 7.47. The van der Waals surface area contributed by atoms with Crippen LogP contribution in [-0.4, -0.2) is 96.7 Å². The fourth-order valence-electron chi connectivity index (χ4n) is 13.1. The standard InChI is InChI=1S/C85H166O17P2/c1-75(2)61-53-45-37-29-23-19-15-11-9-10-12-18-22-26-33-43-51-59-67-84(89)101-80(71-95-82(87)65-57-49-41-32-25-21-17-14-13-16-20-24-30-38-46-54-62-76(3)4)73-99-103(91,92)97-69-79(86)70-98-104(93,94)100-74-81(72-96-83(88)66-58-50-42-36-35-40-48-56-64-78(7)8)102-85(90)68-60-52-44-34-28-27-31-39-47-55-63-77(5)6/h75-81,86H,9-74H2,1-8H3,(H,91,92)(H,93,94)/t79?,80-,81-/m1/s1. The Labute approximate surface area is 638 Å². The van der Waals surface area contributed by atoms with E-state index in [0.717, 1.165) is 114 Å². The van der Waals surface area contributed by atoms with Crippen LogP contribution in [0.25, 0.3) is 0 Å². The summed E-state index contributed by atoms with van der Waals surface area (Å²) in [5.74, 6) is 1.00. The van der Waals surface area contributed by atoms with Gasteiger partial charge in [0.1, 0.15) is 19.3 Å². The quantitative estimate of drug-likeness (QED) is 0.0222. The lowest BCUT2D eigenvalue weighted by Gasteiger charge is -2.21. The van der Waals surface area contributed by atoms with Gasteiger partial charge in [-0.1, -0.05) is 389 Å². The highest BCUT2D eigenvalue weighted by atomic mass is 31.2. The Balaban J connectivity index is 5.23. The van der Waals surface area contributed by atoms with E-state index < -0.39 is 97.5 Å². The van der Waals surface area contributed by atoms with Crippen molar-refractivity contribution in [2.45, 2.75) is 459 Å². The zero-order chi connectivity index (χ0) is 76.7. The SMILES string of the molecule is CC(C)CCCCCCCCCCCCCCCCCCCCC(=O)O[C@H](COC(=O)CCCCCCCCCCCCCCCCCCC(C)C)COP(=O)(O)OCC(O)COP(=O)(O)OC[C@@H](COC(=O)CCCCCCCCCCC(C)C)OC(=O)CCCCCCCCCCCCC(C)C. The predicted molar refractivity (Wildman–Crippen MR) is 428 cm³/mol. The van der Waals surface area contributed by atoms with E-state index in [1.54, 1.807) is 0 Å². The van der Waals surface area contributed by atoms with Crippen molar-refractivity contribution in [2.75, 3.05) is 39.6 Å². The lowest BCUT2D eigenvalue weighted by Crippen LogP contribution is -2.30. The third kappa shape index (κ3) is 78.2. The lowest BCUT2D eigenvalue weighted by molar-refractivity contribution is -0.161. The molecular formula is C85H166O17P2. The van der Waals surface area contributed by atoms with E-state index in [2.05, 4.69) is 55.4 Å². The molecule has 0 aliphatic rings. The minimum atomic E-state index is -4.97. The number of aliphatic hydroxyl groups excluding tert-OH is 1. The van der Waals surface area contributed by atoms with Gasteiger partial charge in [0, 0.05) is 25.7 Å². The molecule has 0 aliphatic heterocycles. The molecule has 0 saturated heterocycles. The highest BCUT2D eigenvalue weighted by Crippen LogP contribution is 2.45. The third-order valence-corrected chi connectivity index (χ3v) is 21.7. The first-order valence-corrected chi connectivity index (χ1v) is 46.7. The number of phosphoric ester groups is 2. The Hall–Kier alpha value is -1.94. The normalized spacial score (nSPS) is 14.0. The van der Waals surface area contributed by atoms with Gasteiger partial charge in [-0.25, -0.2) is 9.13 Å². The first-order chi connectivity index (χ1) is 50.1. The van der Waals surface area contributed by atoms with E-state index >= 15 is 0 Å². The topological polar surface area (TPSA) is 237 Å². The smallest absolute Gasteiger partial charge is 0.462 e. The molecule has 5 atom stereocenters. The Morgan fingerprint density at radius 2 is 0.404 bits per heavy atom. The number of carbonyl (C=O) groups excluding carboxylic acids is 4. The maximum atomic E-state index is 13.1. The summed E-state index contributed by atoms with van der Waals surface area (Å²) in [7, 11) is -9.93. The molecule has 0 rings (SSSR count). The first-order valence-electron chi connectivity index (χ1n) is 43.7. The van der Waals surface area contributed by atoms with Crippen molar-refractivity contribution in [1.82, 2.24) is 0 Å². The molecule has 0 aromatic carbocycles. The second kappa shape index (κ2) is 73.8. The Kier molecular flexibility index (Phi) is 72.5. The maximum Gasteiger partial charge on any atom is 0.472 e. The molecular weight excluding hydrogens is 1350 g/mol. The van der Waals surface area contributed by atoms with Gasteiger partial charge in [-0.3, -0.25) is 37.3 Å². The summed E-state index contributed by atoms with van der Waals surface area (Å²) in [5.41, 5.74) is 0. The largest absolute Gasteiger partial charge is 0.472 e. The summed E-state index contributed by atoms with van der Waals surface area (Å²) in [4.78, 5) is 73.2. The van der Waals surface area contributed by atoms with Crippen molar-refractivity contribution in [2.24, 2.45) is 23.7 Å². The van der Waals surface area contributed by atoms with Crippen LogP contribution < -0.4 is 0 Å². The monoisotopic (exact) mass is 1520 g/mol. The summed E-state index contributed by atoms with van der Waals surface area (Å²) in [6.07, 6.45) is 62.6. The number of esters is 4. The fourth-order valence-corrected chi connectivity index (χ4v) is 14.7. The van der Waals surface area contributed by atoms with Gasteiger partial charge >= 0.3 is 39.5 Å². The van der Waals surface area contributed by atoms with Crippen molar-refractivity contribution >= 4 is 39.5 Å². The second-order valence-corrected chi connectivity index (χ2v) is 35.4. The number of ether oxygens (including phenoxy) is 4. The third-order valence-electron chi connectivity index (χ3n) is 19.8. The molecule has 3 N–H and O–H groups in total. The van der Waals surface area contributed by atoms with E-state index in [9.17, 15) is 43.2 Å². The van der Waals surface area contributed by atoms with Crippen LogP contribution in [0.3, 0.4) is 0 Å². The minimum Gasteiger partial charge on any atom is -0.462 e. The number of phosphoric acid groups is 2. The van der Waals surface area contributed by atoms with E-state index in [1.165, 1.54) is 244 Å². The molecule has 0 spiro atoms. The number of carbonyl (C=O) groups is 4. The van der Waals surface area contributed by atoms with Crippen molar-refractivity contribution in [3.05, 3.63) is 0 Å². The molecule has 3 unspecified atom stereocenters. The fraction of sp³-hybridized carbons (Fsp3) is 0.953. The zero-order valence-corrected chi connectivity index (χ0v) is 70.5. The van der Waals surface area contributed by atoms with Crippen LogP contribution in [0.2, 0.25) is 0 Å². The summed E-state index contributed by atoms with van der Waals surface area (Å²) in [6.45, 7) is 14.3. The van der Waals surface area contributed by atoms with E-state index in [1.807, 2.05) is 0 Å². The molecule has 0 heterocycles. The molecule has 0 aromatic rings. The van der Waals surface area contributed by atoms with Crippen molar-refractivity contribution in [3.63, 3.8) is 0 Å². The van der Waals surface area contributed by atoms with Crippen LogP contribution in [0, 0.1) is 23.7 Å². The zero-order valence-electron chi connectivity index (χ0n) is 68.7. The summed E-state index contributed by atoms with van der Waals surface area (Å²) in [5, 5.41) is 10.7. The molecule has 0 aliphatic carbocycles. The Morgan fingerprint density at radius 1 is 0.240 bits per heavy atom. The van der Waals surface area contributed by atoms with Gasteiger partial charge in [-0.05, 0) is 49.4 Å². The molecule has 19 heteroatoms. The molecule has 0 saturated carbocycles. The number of hydrogen-bond donors (Lipinski definition) is 3. The van der Waals surface area contributed by atoms with Gasteiger partial charge < -0.3 is 33.8 Å². The average molecular weight is 1520 g/mol. The van der Waals surface area contributed by atoms with Crippen LogP contribution in [0.5, 0.6) is 0 Å². The first kappa shape index (κ1) is 102. The summed E-state index contributed by atoms with van der Waals surface area (Å²) >= 11 is 0. The number of unbranched alkanes of at least 4 members (excludes halogenated alkanes) is 48. The van der Waals surface area contributed by atoms with Crippen LogP contribution in [0.1, 0.15) is 441 Å². The van der Waals surface area contributed by atoms with E-state index in [4.69, 9.17) is 37.0 Å². The molecule has 104 heavy (non-hydrogen) atoms. The van der Waals surface area contributed by atoms with Gasteiger partial charge in [0.2, 0.25) is 0 Å². The maximum absolute atomic E-state index is 13.1. The Bertz CT molecular complexity index is 2020. The lowest BCUT2D eigenvalue weighted by atomic mass is 10.0. The van der Waals surface area contributed by atoms with Gasteiger partial charge in [0.05, 0.1) is 26.4 Å². The summed E-state index contributed by atoms with van der Waals surface area (Å²) < 4.78 is 68.8. The van der Waals surface area contributed by atoms with Crippen molar-refractivity contribution in [3.8, 4) is 0 Å². The van der Waals surface area contributed by atoms with Crippen molar-refractivity contribution < 1.29 is 80.2 Å². The number of hydrogen-bond acceptors (Lipinski definition) is 15. The van der Waals surface area contributed by atoms with Gasteiger partial charge in [-0.15, -0.1) is 0 Å².